The maximum atomic E-state index is 13.7. The largest absolute Gasteiger partial charge is 0.491 e. The number of rotatable bonds is 5. The Morgan fingerprint density at radius 3 is 2.50 bits per heavy atom. The van der Waals surface area contributed by atoms with Crippen LogP contribution in [0, 0.1) is 11.6 Å². The fourth-order valence-corrected chi connectivity index (χ4v) is 2.02. The zero-order valence-electron chi connectivity index (χ0n) is 11.5. The van der Waals surface area contributed by atoms with E-state index in [1.807, 2.05) is 6.92 Å². The molecule has 0 aliphatic rings. The van der Waals surface area contributed by atoms with E-state index in [2.05, 4.69) is 5.32 Å². The molecule has 0 amide bonds. The van der Waals surface area contributed by atoms with Gasteiger partial charge in [-0.3, -0.25) is 0 Å². The lowest BCUT2D eigenvalue weighted by Crippen LogP contribution is -2.08. The highest BCUT2D eigenvalue weighted by Crippen LogP contribution is 2.25. The van der Waals surface area contributed by atoms with Crippen LogP contribution in [0.3, 0.4) is 0 Å². The number of ether oxygens (including phenoxy) is 1. The van der Waals surface area contributed by atoms with Gasteiger partial charge < -0.3 is 10.1 Å². The van der Waals surface area contributed by atoms with Gasteiger partial charge in [-0.1, -0.05) is 18.2 Å². The second kappa shape index (κ2) is 6.37. The lowest BCUT2D eigenvalue weighted by Gasteiger charge is -2.17. The van der Waals surface area contributed by atoms with Crippen LogP contribution >= 0.6 is 0 Å². The first-order chi connectivity index (χ1) is 9.61. The number of benzene rings is 2. The summed E-state index contributed by atoms with van der Waals surface area (Å²) in [5, 5.41) is 3.07. The molecule has 2 nitrogen and oxygen atoms in total. The zero-order chi connectivity index (χ0) is 14.5. The van der Waals surface area contributed by atoms with Crippen molar-refractivity contribution in [2.24, 2.45) is 0 Å². The molecule has 0 aliphatic heterocycles. The van der Waals surface area contributed by atoms with Gasteiger partial charge in [-0.25, -0.2) is 8.78 Å². The van der Waals surface area contributed by atoms with Gasteiger partial charge in [-0.2, -0.15) is 0 Å². The molecule has 1 N–H and O–H groups in total. The van der Waals surface area contributed by atoms with E-state index < -0.39 is 5.82 Å². The summed E-state index contributed by atoms with van der Waals surface area (Å²) in [5.41, 5.74) is 1.13. The summed E-state index contributed by atoms with van der Waals surface area (Å²) in [7, 11) is 0. The van der Waals surface area contributed by atoms with Crippen molar-refractivity contribution in [3.8, 4) is 5.75 Å². The maximum absolute atomic E-state index is 13.7. The second-order valence-electron chi connectivity index (χ2n) is 4.47. The minimum atomic E-state index is -0.433. The van der Waals surface area contributed by atoms with E-state index in [4.69, 9.17) is 4.74 Å². The molecule has 1 unspecified atom stereocenters. The van der Waals surface area contributed by atoms with Crippen molar-refractivity contribution in [1.29, 1.82) is 0 Å². The monoisotopic (exact) mass is 277 g/mol. The molecule has 0 aliphatic carbocycles. The number of halogens is 2. The summed E-state index contributed by atoms with van der Waals surface area (Å²) >= 11 is 0. The van der Waals surface area contributed by atoms with Crippen molar-refractivity contribution < 1.29 is 13.5 Å². The molecule has 1 atom stereocenters. The summed E-state index contributed by atoms with van der Waals surface area (Å²) in [6.45, 7) is 4.04. The van der Waals surface area contributed by atoms with E-state index in [9.17, 15) is 8.78 Å². The third kappa shape index (κ3) is 3.26. The summed E-state index contributed by atoms with van der Waals surface area (Å²) in [4.78, 5) is 0. The van der Waals surface area contributed by atoms with E-state index in [0.29, 0.717) is 17.9 Å². The third-order valence-corrected chi connectivity index (χ3v) is 2.99. The fourth-order valence-electron chi connectivity index (χ4n) is 2.02. The van der Waals surface area contributed by atoms with Crippen molar-refractivity contribution in [2.45, 2.75) is 19.9 Å². The minimum Gasteiger partial charge on any atom is -0.491 e. The van der Waals surface area contributed by atoms with Crippen LogP contribution in [-0.4, -0.2) is 6.61 Å². The highest BCUT2D eigenvalue weighted by molar-refractivity contribution is 5.49. The van der Waals surface area contributed by atoms with E-state index in [1.165, 1.54) is 12.1 Å². The van der Waals surface area contributed by atoms with Gasteiger partial charge >= 0.3 is 0 Å². The molecule has 0 saturated carbocycles. The number of nitrogens with one attached hydrogen (secondary N) is 1. The Morgan fingerprint density at radius 2 is 1.85 bits per heavy atom. The Bertz CT molecular complexity index is 586. The topological polar surface area (TPSA) is 21.3 Å². The van der Waals surface area contributed by atoms with E-state index in [-0.39, 0.29) is 17.6 Å². The minimum absolute atomic E-state index is 0.219. The van der Waals surface area contributed by atoms with Gasteiger partial charge in [0, 0.05) is 17.3 Å². The molecule has 0 bridgehead atoms. The van der Waals surface area contributed by atoms with Gasteiger partial charge in [-0.15, -0.1) is 0 Å². The van der Waals surface area contributed by atoms with Crippen molar-refractivity contribution in [3.05, 3.63) is 59.7 Å². The van der Waals surface area contributed by atoms with Gasteiger partial charge in [0.05, 0.1) is 12.6 Å². The van der Waals surface area contributed by atoms with Crippen LogP contribution in [0.4, 0.5) is 14.5 Å². The SMILES string of the molecule is CCOc1ccc(NC(C)c2ccccc2F)cc1F. The smallest absolute Gasteiger partial charge is 0.167 e. The molecule has 0 aromatic heterocycles. The van der Waals surface area contributed by atoms with E-state index in [0.717, 1.165) is 0 Å². The molecule has 20 heavy (non-hydrogen) atoms. The average molecular weight is 277 g/mol. The van der Waals surface area contributed by atoms with Gasteiger partial charge in [0.25, 0.3) is 0 Å². The Hall–Kier alpha value is -2.10. The Morgan fingerprint density at radius 1 is 1.10 bits per heavy atom. The molecule has 0 fully saturated rings. The third-order valence-electron chi connectivity index (χ3n) is 2.99. The van der Waals surface area contributed by atoms with Crippen LogP contribution in [0.15, 0.2) is 42.5 Å². The molecule has 2 aromatic carbocycles. The normalized spacial score (nSPS) is 12.0. The molecular weight excluding hydrogens is 260 g/mol. The molecular formula is C16H17F2NO. The van der Waals surface area contributed by atoms with Gasteiger partial charge in [-0.05, 0) is 32.0 Å². The highest BCUT2D eigenvalue weighted by atomic mass is 19.1. The summed E-state index contributed by atoms with van der Waals surface area (Å²) in [6.07, 6.45) is 0. The Kier molecular flexibility index (Phi) is 4.56. The molecule has 0 heterocycles. The molecule has 2 rings (SSSR count). The summed E-state index contributed by atoms with van der Waals surface area (Å²) in [6, 6.07) is 10.9. The van der Waals surface area contributed by atoms with Crippen LogP contribution in [-0.2, 0) is 0 Å². The predicted molar refractivity (Wildman–Crippen MR) is 76.0 cm³/mol. The van der Waals surface area contributed by atoms with Crippen molar-refractivity contribution >= 4 is 5.69 Å². The van der Waals surface area contributed by atoms with Crippen LogP contribution in [0.25, 0.3) is 0 Å². The molecule has 0 radical (unpaired) electrons. The predicted octanol–water partition coefficient (Wildman–Crippen LogP) is 4.54. The molecule has 2 aromatic rings. The highest BCUT2D eigenvalue weighted by Gasteiger charge is 2.11. The summed E-state index contributed by atoms with van der Waals surface area (Å²) in [5.74, 6) is -0.493. The molecule has 4 heteroatoms. The van der Waals surface area contributed by atoms with Crippen LogP contribution < -0.4 is 10.1 Å². The lowest BCUT2D eigenvalue weighted by atomic mass is 10.1. The van der Waals surface area contributed by atoms with Crippen molar-refractivity contribution in [1.82, 2.24) is 0 Å². The lowest BCUT2D eigenvalue weighted by molar-refractivity contribution is 0.321. The maximum Gasteiger partial charge on any atom is 0.167 e. The van der Waals surface area contributed by atoms with E-state index >= 15 is 0 Å². The van der Waals surface area contributed by atoms with Crippen molar-refractivity contribution in [3.63, 3.8) is 0 Å². The number of hydrogen-bond acceptors (Lipinski definition) is 2. The van der Waals surface area contributed by atoms with Crippen LogP contribution in [0.2, 0.25) is 0 Å². The van der Waals surface area contributed by atoms with Gasteiger partial charge in [0.2, 0.25) is 0 Å². The fraction of sp³-hybridized carbons (Fsp3) is 0.250. The molecule has 0 saturated heterocycles. The zero-order valence-corrected chi connectivity index (χ0v) is 11.5. The molecule has 0 spiro atoms. The number of hydrogen-bond donors (Lipinski definition) is 1. The van der Waals surface area contributed by atoms with Crippen molar-refractivity contribution in [2.75, 3.05) is 11.9 Å². The average Bonchev–Trinajstić information content (AvgIpc) is 2.42. The number of anilines is 1. The quantitative estimate of drug-likeness (QED) is 0.866. The summed E-state index contributed by atoms with van der Waals surface area (Å²) < 4.78 is 32.5. The van der Waals surface area contributed by atoms with Gasteiger partial charge in [0.1, 0.15) is 5.82 Å². The van der Waals surface area contributed by atoms with Crippen LogP contribution in [0.1, 0.15) is 25.5 Å². The van der Waals surface area contributed by atoms with Gasteiger partial charge in [0.15, 0.2) is 11.6 Å². The second-order valence-corrected chi connectivity index (χ2v) is 4.47. The Labute approximate surface area is 117 Å². The van der Waals surface area contributed by atoms with Crippen LogP contribution in [0.5, 0.6) is 5.75 Å². The first-order valence-corrected chi connectivity index (χ1v) is 6.55. The first kappa shape index (κ1) is 14.3. The molecule has 106 valence electrons. The first-order valence-electron chi connectivity index (χ1n) is 6.55. The Balaban J connectivity index is 2.14. The van der Waals surface area contributed by atoms with E-state index in [1.54, 1.807) is 37.3 Å². The standard InChI is InChI=1S/C16H17F2NO/c1-3-20-16-9-8-12(10-15(16)18)19-11(2)13-6-4-5-7-14(13)17/h4-11,19H,3H2,1-2H3.